The molecule has 4 nitrogen and oxygen atoms in total. The molecule has 4 aromatic carbocycles. The number of hydrogen-bond donors (Lipinski definition) is 1. The summed E-state index contributed by atoms with van der Waals surface area (Å²) < 4.78 is 0. The molecule has 170 valence electrons. The maximum absolute atomic E-state index is 5.13. The number of hydrazine groups is 1. The predicted molar refractivity (Wildman–Crippen MR) is 142 cm³/mol. The van der Waals surface area contributed by atoms with Crippen molar-refractivity contribution in [2.24, 2.45) is 5.10 Å². The van der Waals surface area contributed by atoms with E-state index in [1.807, 2.05) is 30.3 Å². The Morgan fingerprint density at radius 2 is 1.29 bits per heavy atom. The average molecular weight is 447 g/mol. The Hall–Kier alpha value is -4.05. The van der Waals surface area contributed by atoms with Crippen molar-refractivity contribution in [1.29, 1.82) is 0 Å². The van der Waals surface area contributed by atoms with Crippen molar-refractivity contribution >= 4 is 17.2 Å². The molecule has 2 unspecified atom stereocenters. The molecule has 0 aromatic heterocycles. The normalized spacial score (nSPS) is 16.5. The van der Waals surface area contributed by atoms with Crippen LogP contribution in [0.2, 0.25) is 0 Å². The van der Waals surface area contributed by atoms with Gasteiger partial charge in [-0.3, -0.25) is 10.4 Å². The van der Waals surface area contributed by atoms with Gasteiger partial charge in [0.15, 0.2) is 12.0 Å². The van der Waals surface area contributed by atoms with Gasteiger partial charge in [0.1, 0.15) is 0 Å². The van der Waals surface area contributed by atoms with Gasteiger partial charge in [0.25, 0.3) is 0 Å². The highest BCUT2D eigenvalue weighted by atomic mass is 15.7. The van der Waals surface area contributed by atoms with E-state index in [1.54, 1.807) is 0 Å². The summed E-state index contributed by atoms with van der Waals surface area (Å²) in [6.45, 7) is 4.51. The lowest BCUT2D eigenvalue weighted by Gasteiger charge is -2.44. The minimum atomic E-state index is -0.164. The molecule has 4 heteroatoms. The Labute approximate surface area is 202 Å². The number of anilines is 2. The van der Waals surface area contributed by atoms with E-state index in [-0.39, 0.29) is 6.17 Å². The van der Waals surface area contributed by atoms with Crippen LogP contribution in [0.15, 0.2) is 120 Å². The number of hydrazone groups is 1. The quantitative estimate of drug-likeness (QED) is 0.343. The zero-order valence-corrected chi connectivity index (χ0v) is 19.7. The second-order valence-electron chi connectivity index (χ2n) is 8.66. The van der Waals surface area contributed by atoms with Crippen LogP contribution >= 0.6 is 0 Å². The molecule has 1 aliphatic rings. The molecular formula is C30H30N4. The van der Waals surface area contributed by atoms with Gasteiger partial charge in [0.2, 0.25) is 0 Å². The van der Waals surface area contributed by atoms with Gasteiger partial charge in [0.05, 0.1) is 11.4 Å². The van der Waals surface area contributed by atoms with E-state index in [4.69, 9.17) is 5.10 Å². The molecular weight excluding hydrogens is 416 g/mol. The number of benzene rings is 4. The summed E-state index contributed by atoms with van der Waals surface area (Å²) in [5, 5.41) is 9.45. The number of nitrogens with one attached hydrogen (secondary N) is 1. The van der Waals surface area contributed by atoms with E-state index in [2.05, 4.69) is 114 Å². The van der Waals surface area contributed by atoms with Gasteiger partial charge in [-0.05, 0) is 47.7 Å². The molecule has 4 aromatic rings. The Bertz CT molecular complexity index is 1220. The van der Waals surface area contributed by atoms with Gasteiger partial charge in [-0.15, -0.1) is 0 Å². The minimum Gasteiger partial charge on any atom is -0.277 e. The Balaban J connectivity index is 1.66. The zero-order chi connectivity index (χ0) is 23.3. The first-order valence-electron chi connectivity index (χ1n) is 11.9. The van der Waals surface area contributed by atoms with Gasteiger partial charge < -0.3 is 0 Å². The van der Waals surface area contributed by atoms with E-state index in [0.29, 0.717) is 5.92 Å². The molecule has 5 rings (SSSR count). The largest absolute Gasteiger partial charge is 0.277 e. The molecule has 0 bridgehead atoms. The molecule has 0 aliphatic carbocycles. The third kappa shape index (κ3) is 4.40. The molecule has 0 amide bonds. The number of hydrogen-bond acceptors (Lipinski definition) is 4. The second-order valence-corrected chi connectivity index (χ2v) is 8.66. The Kier molecular flexibility index (Phi) is 6.30. The van der Waals surface area contributed by atoms with E-state index in [0.717, 1.165) is 29.2 Å². The molecule has 0 spiro atoms. The number of nitrogens with zero attached hydrogens (tertiary/aromatic N) is 3. The second kappa shape index (κ2) is 9.84. The van der Waals surface area contributed by atoms with Gasteiger partial charge in [-0.2, -0.15) is 5.10 Å². The molecule has 0 radical (unpaired) electrons. The summed E-state index contributed by atoms with van der Waals surface area (Å²) in [6, 6.07) is 40.1. The molecule has 0 fully saturated rings. The van der Waals surface area contributed by atoms with Gasteiger partial charge in [-0.1, -0.05) is 105 Å². The van der Waals surface area contributed by atoms with Crippen molar-refractivity contribution in [1.82, 2.24) is 5.43 Å². The molecule has 34 heavy (non-hydrogen) atoms. The van der Waals surface area contributed by atoms with Crippen LogP contribution in [-0.2, 0) is 0 Å². The molecule has 1 N–H and O–H groups in total. The lowest BCUT2D eigenvalue weighted by Crippen LogP contribution is -2.55. The molecule has 1 heterocycles. The lowest BCUT2D eigenvalue weighted by molar-refractivity contribution is 0.538. The number of amidine groups is 1. The van der Waals surface area contributed by atoms with Crippen LogP contribution in [0.3, 0.4) is 0 Å². The lowest BCUT2D eigenvalue weighted by atomic mass is 9.97. The van der Waals surface area contributed by atoms with Gasteiger partial charge >= 0.3 is 0 Å². The molecule has 2 atom stereocenters. The summed E-state index contributed by atoms with van der Waals surface area (Å²) in [7, 11) is 0. The van der Waals surface area contributed by atoms with Crippen molar-refractivity contribution in [2.45, 2.75) is 32.4 Å². The zero-order valence-electron chi connectivity index (χ0n) is 19.7. The molecule has 0 saturated carbocycles. The summed E-state index contributed by atoms with van der Waals surface area (Å²) >= 11 is 0. The van der Waals surface area contributed by atoms with E-state index < -0.39 is 0 Å². The van der Waals surface area contributed by atoms with Crippen LogP contribution in [0.25, 0.3) is 0 Å². The third-order valence-electron chi connectivity index (χ3n) is 6.43. The summed E-state index contributed by atoms with van der Waals surface area (Å²) in [4.78, 5) is 0. The number of para-hydroxylation sites is 2. The van der Waals surface area contributed by atoms with Crippen molar-refractivity contribution < 1.29 is 0 Å². The fraction of sp³-hybridized carbons (Fsp3) is 0.167. The van der Waals surface area contributed by atoms with Crippen LogP contribution in [0, 0.1) is 0 Å². The summed E-state index contributed by atoms with van der Waals surface area (Å²) in [5.74, 6) is 1.34. The van der Waals surface area contributed by atoms with E-state index in [9.17, 15) is 0 Å². The van der Waals surface area contributed by atoms with Gasteiger partial charge in [-0.25, -0.2) is 5.01 Å². The fourth-order valence-electron chi connectivity index (χ4n) is 4.28. The van der Waals surface area contributed by atoms with Crippen molar-refractivity contribution in [3.63, 3.8) is 0 Å². The highest BCUT2D eigenvalue weighted by Gasteiger charge is 2.33. The maximum Gasteiger partial charge on any atom is 0.172 e. The van der Waals surface area contributed by atoms with Crippen LogP contribution in [0.4, 0.5) is 11.4 Å². The minimum absolute atomic E-state index is 0.164. The van der Waals surface area contributed by atoms with Crippen LogP contribution < -0.4 is 15.4 Å². The van der Waals surface area contributed by atoms with E-state index >= 15 is 0 Å². The standard InChI is InChI=1S/C30H30N4/c1-3-23(2)24-19-21-26(22-20-24)30-33(27-15-9-5-10-16-27)31-29(25-13-7-4-8-14-25)32-34(30)28-17-11-6-12-18-28/h4-23,30H,3H2,1-2H3,(H,31,32). The Morgan fingerprint density at radius 3 is 1.88 bits per heavy atom. The van der Waals surface area contributed by atoms with Crippen LogP contribution in [0.5, 0.6) is 0 Å². The maximum atomic E-state index is 5.13. The van der Waals surface area contributed by atoms with Crippen LogP contribution in [-0.4, -0.2) is 5.84 Å². The third-order valence-corrected chi connectivity index (χ3v) is 6.43. The highest BCUT2D eigenvalue weighted by molar-refractivity contribution is 6.01. The Morgan fingerprint density at radius 1 is 0.735 bits per heavy atom. The van der Waals surface area contributed by atoms with Crippen molar-refractivity contribution in [3.8, 4) is 0 Å². The first-order valence-corrected chi connectivity index (χ1v) is 11.9. The fourth-order valence-corrected chi connectivity index (χ4v) is 4.28. The SMILES string of the molecule is CCC(C)c1ccc(C2N(c3ccccc3)N=C(c3ccccc3)NN2c2ccccc2)cc1. The average Bonchev–Trinajstić information content (AvgIpc) is 2.93. The number of rotatable bonds is 6. The van der Waals surface area contributed by atoms with Crippen LogP contribution in [0.1, 0.15) is 49.0 Å². The highest BCUT2D eigenvalue weighted by Crippen LogP contribution is 2.36. The topological polar surface area (TPSA) is 30.9 Å². The monoisotopic (exact) mass is 446 g/mol. The van der Waals surface area contributed by atoms with E-state index in [1.165, 1.54) is 11.1 Å². The molecule has 0 saturated heterocycles. The molecule has 1 aliphatic heterocycles. The summed E-state index contributed by atoms with van der Waals surface area (Å²) in [5.41, 5.74) is 9.30. The van der Waals surface area contributed by atoms with Gasteiger partial charge in [0, 0.05) is 5.56 Å². The smallest absolute Gasteiger partial charge is 0.172 e. The predicted octanol–water partition coefficient (Wildman–Crippen LogP) is 7.09. The first kappa shape index (κ1) is 21.8. The van der Waals surface area contributed by atoms with Crippen molar-refractivity contribution in [2.75, 3.05) is 10.0 Å². The first-order chi connectivity index (χ1) is 16.7. The van der Waals surface area contributed by atoms with Crippen molar-refractivity contribution in [3.05, 3.63) is 132 Å². The summed E-state index contributed by atoms with van der Waals surface area (Å²) in [6.07, 6.45) is 0.963.